The molecule has 0 fully saturated rings. The van der Waals surface area contributed by atoms with Gasteiger partial charge in [0.1, 0.15) is 6.54 Å². The second-order valence-corrected chi connectivity index (χ2v) is 3.19. The molecule has 1 aromatic carbocycles. The Morgan fingerprint density at radius 2 is 2.20 bits per heavy atom. The van der Waals surface area contributed by atoms with Crippen molar-refractivity contribution in [1.29, 1.82) is 5.26 Å². The summed E-state index contributed by atoms with van der Waals surface area (Å²) in [6.45, 7) is 0.0808. The minimum atomic E-state index is 0.0808. The fourth-order valence-electron chi connectivity index (χ4n) is 1.12. The van der Waals surface area contributed by atoms with Gasteiger partial charge in [0, 0.05) is 5.56 Å². The Bertz CT molecular complexity index is 513. The van der Waals surface area contributed by atoms with Gasteiger partial charge in [-0.15, -0.1) is 15.0 Å². The molecule has 0 spiro atoms. The number of tetrazole rings is 1. The van der Waals surface area contributed by atoms with E-state index in [0.29, 0.717) is 16.4 Å². The molecule has 0 saturated heterocycles. The van der Waals surface area contributed by atoms with Crippen molar-refractivity contribution in [2.45, 2.75) is 6.54 Å². The van der Waals surface area contributed by atoms with Gasteiger partial charge >= 0.3 is 0 Å². The highest BCUT2D eigenvalue weighted by Crippen LogP contribution is 2.23. The molecule has 0 unspecified atom stereocenters. The first-order valence-corrected chi connectivity index (χ1v) is 4.58. The van der Waals surface area contributed by atoms with Crippen LogP contribution in [0.2, 0.25) is 5.02 Å². The SMILES string of the molecule is N#CCn1nnc(-c2ccccc2Cl)n1. The monoisotopic (exact) mass is 219 g/mol. The third-order valence-electron chi connectivity index (χ3n) is 1.78. The highest BCUT2D eigenvalue weighted by atomic mass is 35.5. The molecule has 6 heteroatoms. The molecule has 15 heavy (non-hydrogen) atoms. The van der Waals surface area contributed by atoms with Crippen LogP contribution in [0.15, 0.2) is 24.3 Å². The normalized spacial score (nSPS) is 9.87. The van der Waals surface area contributed by atoms with Gasteiger partial charge in [0.15, 0.2) is 0 Å². The van der Waals surface area contributed by atoms with Crippen LogP contribution in [-0.2, 0) is 6.54 Å². The highest BCUT2D eigenvalue weighted by molar-refractivity contribution is 6.33. The largest absolute Gasteiger partial charge is 0.206 e. The van der Waals surface area contributed by atoms with Crippen LogP contribution in [0.1, 0.15) is 0 Å². The lowest BCUT2D eigenvalue weighted by atomic mass is 10.2. The van der Waals surface area contributed by atoms with E-state index in [9.17, 15) is 0 Å². The van der Waals surface area contributed by atoms with Gasteiger partial charge in [0.2, 0.25) is 5.82 Å². The molecule has 0 N–H and O–H groups in total. The number of aromatic nitrogens is 4. The predicted octanol–water partition coefficient (Wildman–Crippen LogP) is 1.52. The molecule has 0 radical (unpaired) electrons. The lowest BCUT2D eigenvalue weighted by Crippen LogP contribution is -1.99. The number of nitriles is 1. The first-order valence-electron chi connectivity index (χ1n) is 4.21. The maximum atomic E-state index is 8.45. The van der Waals surface area contributed by atoms with Crippen molar-refractivity contribution in [3.8, 4) is 17.5 Å². The summed E-state index contributed by atoms with van der Waals surface area (Å²) in [5, 5.41) is 20.6. The van der Waals surface area contributed by atoms with Crippen LogP contribution in [-0.4, -0.2) is 20.2 Å². The summed E-state index contributed by atoms with van der Waals surface area (Å²) in [5.41, 5.74) is 0.711. The predicted molar refractivity (Wildman–Crippen MR) is 53.9 cm³/mol. The van der Waals surface area contributed by atoms with Gasteiger partial charge in [0.25, 0.3) is 0 Å². The summed E-state index contributed by atoms with van der Waals surface area (Å²) in [4.78, 5) is 1.22. The molecule has 1 aromatic heterocycles. The average molecular weight is 220 g/mol. The van der Waals surface area contributed by atoms with E-state index in [-0.39, 0.29) is 6.54 Å². The Morgan fingerprint density at radius 3 is 2.93 bits per heavy atom. The van der Waals surface area contributed by atoms with Crippen molar-refractivity contribution in [2.75, 3.05) is 0 Å². The summed E-state index contributed by atoms with van der Waals surface area (Å²) >= 11 is 5.96. The average Bonchev–Trinajstić information content (AvgIpc) is 2.68. The van der Waals surface area contributed by atoms with E-state index in [1.165, 1.54) is 4.80 Å². The van der Waals surface area contributed by atoms with E-state index in [4.69, 9.17) is 16.9 Å². The second kappa shape index (κ2) is 4.07. The molecule has 74 valence electrons. The Kier molecular flexibility index (Phi) is 2.61. The summed E-state index contributed by atoms with van der Waals surface area (Å²) in [7, 11) is 0. The Morgan fingerprint density at radius 1 is 1.40 bits per heavy atom. The molecule has 0 saturated carbocycles. The van der Waals surface area contributed by atoms with Crippen LogP contribution in [0.5, 0.6) is 0 Å². The maximum absolute atomic E-state index is 8.45. The minimum Gasteiger partial charge on any atom is -0.196 e. The van der Waals surface area contributed by atoms with Crippen LogP contribution in [0.25, 0.3) is 11.4 Å². The third kappa shape index (κ3) is 1.95. The molecular weight excluding hydrogens is 214 g/mol. The molecule has 0 aliphatic carbocycles. The quantitative estimate of drug-likeness (QED) is 0.768. The maximum Gasteiger partial charge on any atom is 0.206 e. The number of nitrogens with zero attached hydrogens (tertiary/aromatic N) is 5. The van der Waals surface area contributed by atoms with Crippen molar-refractivity contribution < 1.29 is 0 Å². The van der Waals surface area contributed by atoms with Gasteiger partial charge in [-0.05, 0) is 17.3 Å². The second-order valence-electron chi connectivity index (χ2n) is 2.78. The molecule has 0 amide bonds. The summed E-state index contributed by atoms with van der Waals surface area (Å²) in [6.07, 6.45) is 0. The Balaban J connectivity index is 2.38. The van der Waals surface area contributed by atoms with Gasteiger partial charge in [-0.3, -0.25) is 0 Å². The molecular formula is C9H6ClN5. The van der Waals surface area contributed by atoms with Gasteiger partial charge in [-0.2, -0.15) is 5.26 Å². The van der Waals surface area contributed by atoms with Crippen LogP contribution in [0.4, 0.5) is 0 Å². The van der Waals surface area contributed by atoms with Crippen LogP contribution in [0, 0.1) is 11.3 Å². The first-order chi connectivity index (χ1) is 7.31. The van der Waals surface area contributed by atoms with Gasteiger partial charge in [0.05, 0.1) is 11.1 Å². The van der Waals surface area contributed by atoms with Crippen molar-refractivity contribution in [2.24, 2.45) is 0 Å². The van der Waals surface area contributed by atoms with E-state index in [0.717, 1.165) is 0 Å². The van der Waals surface area contributed by atoms with Crippen molar-refractivity contribution in [1.82, 2.24) is 20.2 Å². The Hall–Kier alpha value is -1.93. The van der Waals surface area contributed by atoms with E-state index < -0.39 is 0 Å². The van der Waals surface area contributed by atoms with Crippen LogP contribution in [0.3, 0.4) is 0 Å². The lowest BCUT2D eigenvalue weighted by molar-refractivity contribution is 0.589. The van der Waals surface area contributed by atoms with Crippen molar-refractivity contribution in [3.63, 3.8) is 0 Å². The van der Waals surface area contributed by atoms with Gasteiger partial charge < -0.3 is 0 Å². The number of halogens is 1. The molecule has 0 aliphatic heterocycles. The standard InChI is InChI=1S/C9H6ClN5/c10-8-4-2-1-3-7(8)9-12-14-15(13-9)6-5-11/h1-4H,6H2. The smallest absolute Gasteiger partial charge is 0.196 e. The topological polar surface area (TPSA) is 67.4 Å². The zero-order chi connectivity index (χ0) is 10.7. The number of rotatable bonds is 2. The van der Waals surface area contributed by atoms with E-state index in [1.54, 1.807) is 12.1 Å². The number of hydrogen-bond donors (Lipinski definition) is 0. The molecule has 2 aromatic rings. The van der Waals surface area contributed by atoms with Gasteiger partial charge in [-0.1, -0.05) is 23.7 Å². The minimum absolute atomic E-state index is 0.0808. The first kappa shape index (κ1) is 9.62. The molecule has 1 heterocycles. The fourth-order valence-corrected chi connectivity index (χ4v) is 1.34. The van der Waals surface area contributed by atoms with E-state index in [1.807, 2.05) is 18.2 Å². The van der Waals surface area contributed by atoms with Crippen molar-refractivity contribution in [3.05, 3.63) is 29.3 Å². The zero-order valence-electron chi connectivity index (χ0n) is 7.63. The molecule has 0 atom stereocenters. The van der Waals surface area contributed by atoms with E-state index in [2.05, 4.69) is 15.4 Å². The summed E-state index contributed by atoms with van der Waals surface area (Å²) in [6, 6.07) is 9.15. The molecule has 5 nitrogen and oxygen atoms in total. The highest BCUT2D eigenvalue weighted by Gasteiger charge is 2.08. The molecule has 2 rings (SSSR count). The summed E-state index contributed by atoms with van der Waals surface area (Å²) in [5.74, 6) is 0.427. The molecule has 0 bridgehead atoms. The number of hydrogen-bond acceptors (Lipinski definition) is 4. The molecule has 0 aliphatic rings. The van der Waals surface area contributed by atoms with Crippen LogP contribution >= 0.6 is 11.6 Å². The lowest BCUT2D eigenvalue weighted by Gasteiger charge is -1.95. The van der Waals surface area contributed by atoms with E-state index >= 15 is 0 Å². The number of benzene rings is 1. The van der Waals surface area contributed by atoms with Crippen molar-refractivity contribution >= 4 is 11.6 Å². The third-order valence-corrected chi connectivity index (χ3v) is 2.11. The van der Waals surface area contributed by atoms with Gasteiger partial charge in [-0.25, -0.2) is 0 Å². The fraction of sp³-hybridized carbons (Fsp3) is 0.111. The van der Waals surface area contributed by atoms with Crippen LogP contribution < -0.4 is 0 Å². The Labute approximate surface area is 90.9 Å². The summed E-state index contributed by atoms with van der Waals surface area (Å²) < 4.78 is 0. The zero-order valence-corrected chi connectivity index (χ0v) is 8.39.